The fourth-order valence-corrected chi connectivity index (χ4v) is 4.81. The fourth-order valence-electron chi connectivity index (χ4n) is 4.81. The summed E-state index contributed by atoms with van der Waals surface area (Å²) < 4.78 is 17.7. The van der Waals surface area contributed by atoms with E-state index >= 15 is 0 Å². The van der Waals surface area contributed by atoms with Crippen LogP contribution in [0.4, 0.5) is 0 Å². The Labute approximate surface area is 203 Å². The number of allylic oxidation sites excluding steroid dienone is 3. The average molecular weight is 476 g/mol. The molecule has 7 nitrogen and oxygen atoms in total. The molecule has 0 aromatic heterocycles. The van der Waals surface area contributed by atoms with Gasteiger partial charge in [0.05, 0.1) is 31.0 Å². The Kier molecular flexibility index (Phi) is 9.27. The minimum Gasteiger partial charge on any atom is -0.387 e. The highest BCUT2D eigenvalue weighted by molar-refractivity contribution is 5.87. The van der Waals surface area contributed by atoms with Gasteiger partial charge in [-0.15, -0.1) is 0 Å². The summed E-state index contributed by atoms with van der Waals surface area (Å²) in [6.45, 7) is 10.3. The Morgan fingerprint density at radius 3 is 2.59 bits per heavy atom. The number of hydrogen-bond acceptors (Lipinski definition) is 6. The molecule has 3 fully saturated rings. The van der Waals surface area contributed by atoms with Crippen molar-refractivity contribution in [2.45, 2.75) is 102 Å². The molecule has 2 N–H and O–H groups in total. The van der Waals surface area contributed by atoms with Gasteiger partial charge in [-0.1, -0.05) is 51.2 Å². The van der Waals surface area contributed by atoms with Crippen molar-refractivity contribution in [1.29, 1.82) is 0 Å². The molecule has 1 amide bonds. The molecular weight excluding hydrogens is 434 g/mol. The number of carbonyl (C=O) groups is 2. The standard InChI is InChI=1S/C27H41NO6/c1-17(2)11-12-25(30)28-22-13-18(3)23(33-20(22)5)9-7-6-8-10-24-26(31)27(16-32-27)15-21(34-24)14-19(4)29/h6-8,10-12,17-18,20-24,26,31H,9,13-16H2,1-5H3,(H,28,30)/b7-6+,10-8+,12-11-/t18-,20+,21+,22+,23-,24+,26+,27+/m0/s1. The van der Waals surface area contributed by atoms with Crippen molar-refractivity contribution in [3.05, 3.63) is 36.5 Å². The number of Topliss-reactive ketones (excluding diaryl/α,β-unsaturated/α-hetero) is 1. The molecule has 34 heavy (non-hydrogen) atoms. The molecule has 3 aliphatic rings. The van der Waals surface area contributed by atoms with E-state index in [1.807, 2.05) is 45.1 Å². The molecule has 7 heteroatoms. The van der Waals surface area contributed by atoms with E-state index in [9.17, 15) is 14.7 Å². The van der Waals surface area contributed by atoms with Gasteiger partial charge in [0.1, 0.15) is 23.6 Å². The van der Waals surface area contributed by atoms with Gasteiger partial charge >= 0.3 is 0 Å². The highest BCUT2D eigenvalue weighted by Crippen LogP contribution is 2.43. The molecule has 0 aliphatic carbocycles. The summed E-state index contributed by atoms with van der Waals surface area (Å²) in [4.78, 5) is 23.6. The molecule has 0 aromatic rings. The van der Waals surface area contributed by atoms with E-state index < -0.39 is 17.8 Å². The van der Waals surface area contributed by atoms with Crippen LogP contribution in [-0.4, -0.2) is 65.6 Å². The number of epoxide rings is 1. The predicted molar refractivity (Wildman–Crippen MR) is 130 cm³/mol. The molecule has 3 rings (SSSR count). The summed E-state index contributed by atoms with van der Waals surface area (Å²) in [5, 5.41) is 13.7. The van der Waals surface area contributed by atoms with Crippen LogP contribution in [0, 0.1) is 11.8 Å². The van der Waals surface area contributed by atoms with Gasteiger partial charge in [-0.25, -0.2) is 0 Å². The highest BCUT2D eigenvalue weighted by Gasteiger charge is 2.58. The Morgan fingerprint density at radius 1 is 1.21 bits per heavy atom. The van der Waals surface area contributed by atoms with Gasteiger partial charge in [-0.2, -0.15) is 0 Å². The highest BCUT2D eigenvalue weighted by atomic mass is 16.6. The topological polar surface area (TPSA) is 97.4 Å². The first-order chi connectivity index (χ1) is 16.1. The number of aliphatic hydroxyl groups excluding tert-OH is 1. The van der Waals surface area contributed by atoms with Crippen molar-refractivity contribution < 1.29 is 28.9 Å². The summed E-state index contributed by atoms with van der Waals surface area (Å²) in [7, 11) is 0. The van der Waals surface area contributed by atoms with E-state index in [4.69, 9.17) is 14.2 Å². The molecule has 0 unspecified atom stereocenters. The second-order valence-corrected chi connectivity index (χ2v) is 10.5. The molecule has 3 heterocycles. The van der Waals surface area contributed by atoms with Crippen LogP contribution in [0.3, 0.4) is 0 Å². The molecule has 190 valence electrons. The van der Waals surface area contributed by atoms with Crippen molar-refractivity contribution in [2.24, 2.45) is 11.8 Å². The van der Waals surface area contributed by atoms with Gasteiger partial charge in [-0.05, 0) is 44.6 Å². The first-order valence-electron chi connectivity index (χ1n) is 12.5. The zero-order valence-corrected chi connectivity index (χ0v) is 21.1. The number of ketones is 1. The smallest absolute Gasteiger partial charge is 0.243 e. The summed E-state index contributed by atoms with van der Waals surface area (Å²) in [6.07, 6.45) is 12.3. The second-order valence-electron chi connectivity index (χ2n) is 10.5. The van der Waals surface area contributed by atoms with Gasteiger partial charge in [0.25, 0.3) is 0 Å². The molecular formula is C27H41NO6. The van der Waals surface area contributed by atoms with E-state index in [1.165, 1.54) is 0 Å². The van der Waals surface area contributed by atoms with E-state index in [1.54, 1.807) is 13.0 Å². The lowest BCUT2D eigenvalue weighted by Crippen LogP contribution is -2.50. The monoisotopic (exact) mass is 475 g/mol. The SMILES string of the molecule is CC(=O)C[C@@H]1C[C@@]2(CO2)[C@H](O)[C@@H](/C=C/C=C/C[C@@H]2O[C@H](C)[C@H](NC(=O)/C=C\C(C)C)C[C@@H]2C)O1. The van der Waals surface area contributed by atoms with Gasteiger partial charge < -0.3 is 24.6 Å². The molecule has 0 bridgehead atoms. The summed E-state index contributed by atoms with van der Waals surface area (Å²) >= 11 is 0. The first kappa shape index (κ1) is 26.8. The average Bonchev–Trinajstić information content (AvgIpc) is 3.52. The molecule has 3 aliphatic heterocycles. The molecule has 0 radical (unpaired) electrons. The van der Waals surface area contributed by atoms with Crippen LogP contribution >= 0.6 is 0 Å². The predicted octanol–water partition coefficient (Wildman–Crippen LogP) is 3.27. The van der Waals surface area contributed by atoms with Gasteiger partial charge in [-0.3, -0.25) is 9.59 Å². The van der Waals surface area contributed by atoms with Crippen LogP contribution in [0.25, 0.3) is 0 Å². The maximum atomic E-state index is 12.1. The number of nitrogens with one attached hydrogen (secondary N) is 1. The zero-order chi connectivity index (χ0) is 24.9. The quantitative estimate of drug-likeness (QED) is 0.302. The van der Waals surface area contributed by atoms with Gasteiger partial charge in [0.2, 0.25) is 5.91 Å². The van der Waals surface area contributed by atoms with Crippen LogP contribution in [0.5, 0.6) is 0 Å². The Hall–Kier alpha value is -1.80. The van der Waals surface area contributed by atoms with Crippen LogP contribution < -0.4 is 5.32 Å². The third-order valence-electron chi connectivity index (χ3n) is 6.90. The maximum Gasteiger partial charge on any atom is 0.243 e. The van der Waals surface area contributed by atoms with Crippen molar-refractivity contribution >= 4 is 11.7 Å². The van der Waals surface area contributed by atoms with E-state index in [-0.39, 0.29) is 36.0 Å². The number of hydrogen-bond donors (Lipinski definition) is 2. The normalized spacial score (nSPS) is 38.4. The summed E-state index contributed by atoms with van der Waals surface area (Å²) in [5.41, 5.74) is -0.560. The van der Waals surface area contributed by atoms with Crippen molar-refractivity contribution in [1.82, 2.24) is 5.32 Å². The number of rotatable bonds is 9. The lowest BCUT2D eigenvalue weighted by atomic mass is 9.87. The third-order valence-corrected chi connectivity index (χ3v) is 6.90. The van der Waals surface area contributed by atoms with Crippen LogP contribution in [0.15, 0.2) is 36.5 Å². The molecule has 8 atom stereocenters. The summed E-state index contributed by atoms with van der Waals surface area (Å²) in [5.74, 6) is 0.658. The Bertz CT molecular complexity index is 799. The Balaban J connectivity index is 1.47. The second kappa shape index (κ2) is 11.8. The van der Waals surface area contributed by atoms with Crippen molar-refractivity contribution in [2.75, 3.05) is 6.61 Å². The fraction of sp³-hybridized carbons (Fsp3) is 0.704. The van der Waals surface area contributed by atoms with Crippen molar-refractivity contribution in [3.63, 3.8) is 0 Å². The number of carbonyl (C=O) groups excluding carboxylic acids is 2. The van der Waals surface area contributed by atoms with Crippen LogP contribution in [0.2, 0.25) is 0 Å². The lowest BCUT2D eigenvalue weighted by molar-refractivity contribution is -0.143. The van der Waals surface area contributed by atoms with Gasteiger partial charge in [0, 0.05) is 12.8 Å². The van der Waals surface area contributed by atoms with E-state index in [2.05, 4.69) is 18.3 Å². The molecule has 1 spiro atoms. The largest absolute Gasteiger partial charge is 0.387 e. The maximum absolute atomic E-state index is 12.1. The van der Waals surface area contributed by atoms with E-state index in [0.717, 1.165) is 12.8 Å². The number of ether oxygens (including phenoxy) is 3. The molecule has 0 saturated carbocycles. The minimum atomic E-state index is -0.731. The van der Waals surface area contributed by atoms with Crippen LogP contribution in [0.1, 0.15) is 60.3 Å². The number of amides is 1. The molecule has 0 aromatic carbocycles. The first-order valence-corrected chi connectivity index (χ1v) is 12.5. The zero-order valence-electron chi connectivity index (χ0n) is 21.1. The van der Waals surface area contributed by atoms with Crippen molar-refractivity contribution in [3.8, 4) is 0 Å². The molecule has 3 saturated heterocycles. The van der Waals surface area contributed by atoms with Gasteiger partial charge in [0.15, 0.2) is 0 Å². The number of aliphatic hydroxyl groups is 1. The van der Waals surface area contributed by atoms with Crippen LogP contribution in [-0.2, 0) is 23.8 Å². The lowest BCUT2D eigenvalue weighted by Gasteiger charge is -2.39. The van der Waals surface area contributed by atoms with E-state index in [0.29, 0.717) is 31.3 Å². The third kappa shape index (κ3) is 7.35. The minimum absolute atomic E-state index is 0.00397. The Morgan fingerprint density at radius 2 is 1.94 bits per heavy atom. The summed E-state index contributed by atoms with van der Waals surface area (Å²) in [6, 6.07) is 0.00397.